The van der Waals surface area contributed by atoms with Crippen LogP contribution in [0.4, 0.5) is 4.79 Å². The molecule has 0 aliphatic carbocycles. The quantitative estimate of drug-likeness (QED) is 0.840. The Morgan fingerprint density at radius 1 is 1.53 bits per heavy atom. The van der Waals surface area contributed by atoms with Crippen LogP contribution in [0.3, 0.4) is 0 Å². The number of likely N-dealkylation sites (tertiary alicyclic amines) is 1. The van der Waals surface area contributed by atoms with Gasteiger partial charge in [0.2, 0.25) is 0 Å². The second kappa shape index (κ2) is 4.64. The van der Waals surface area contributed by atoms with E-state index in [4.69, 9.17) is 9.47 Å². The minimum Gasteiger partial charge on any atom is -0.486 e. The molecule has 0 bridgehead atoms. The summed E-state index contributed by atoms with van der Waals surface area (Å²) >= 11 is 5.11. The Hall–Kier alpha value is -0.790. The number of likely N-dealkylation sites (N-methyl/N-ethyl adjacent to an activating group) is 1. The molecule has 0 saturated carbocycles. The van der Waals surface area contributed by atoms with E-state index in [0.717, 1.165) is 29.2 Å². The molecule has 1 aromatic heterocycles. The lowest BCUT2D eigenvalue weighted by atomic mass is 9.94. The number of rotatable bonds is 3. The van der Waals surface area contributed by atoms with E-state index in [1.165, 1.54) is 4.88 Å². The van der Waals surface area contributed by atoms with Gasteiger partial charge in [0, 0.05) is 31.6 Å². The molecular weight excluding hydrogens is 332 g/mol. The minimum absolute atomic E-state index is 0.208. The van der Waals surface area contributed by atoms with Crippen LogP contribution in [-0.4, -0.2) is 55.3 Å². The highest BCUT2D eigenvalue weighted by atomic mass is 79.9. The van der Waals surface area contributed by atoms with Crippen LogP contribution >= 0.6 is 27.3 Å². The number of thiophene rings is 1. The molecule has 5 nitrogen and oxygen atoms in total. The molecule has 0 unspecified atom stereocenters. The molecule has 2 fully saturated rings. The van der Waals surface area contributed by atoms with Crippen LogP contribution in [0.1, 0.15) is 4.88 Å². The molecule has 19 heavy (non-hydrogen) atoms. The van der Waals surface area contributed by atoms with E-state index in [-0.39, 0.29) is 11.7 Å². The highest BCUT2D eigenvalue weighted by molar-refractivity contribution is 9.10. The molecule has 0 atom stereocenters. The summed E-state index contributed by atoms with van der Waals surface area (Å²) in [6, 6.07) is 2.08. The first-order chi connectivity index (χ1) is 9.01. The van der Waals surface area contributed by atoms with Crippen molar-refractivity contribution in [2.24, 2.45) is 0 Å². The zero-order chi connectivity index (χ0) is 13.6. The lowest BCUT2D eigenvalue weighted by Crippen LogP contribution is -2.63. The molecule has 1 aromatic rings. The van der Waals surface area contributed by atoms with Crippen molar-refractivity contribution in [2.45, 2.75) is 12.1 Å². The summed E-state index contributed by atoms with van der Waals surface area (Å²) in [5.41, 5.74) is -0.273. The van der Waals surface area contributed by atoms with Gasteiger partial charge < -0.3 is 14.4 Å². The lowest BCUT2D eigenvalue weighted by Gasteiger charge is -2.45. The maximum atomic E-state index is 11.4. The first-order valence-electron chi connectivity index (χ1n) is 6.00. The molecule has 1 amide bonds. The van der Waals surface area contributed by atoms with Crippen molar-refractivity contribution in [1.82, 2.24) is 9.80 Å². The maximum Gasteiger partial charge on any atom is 0.410 e. The predicted octanol–water partition coefficient (Wildman–Crippen LogP) is 2.16. The van der Waals surface area contributed by atoms with Gasteiger partial charge in [-0.2, -0.15) is 0 Å². The van der Waals surface area contributed by atoms with Crippen molar-refractivity contribution in [3.63, 3.8) is 0 Å². The Labute approximate surface area is 124 Å². The van der Waals surface area contributed by atoms with E-state index in [1.807, 2.05) is 0 Å². The number of ether oxygens (including phenoxy) is 2. The van der Waals surface area contributed by atoms with Gasteiger partial charge in [0.1, 0.15) is 0 Å². The Balaban J connectivity index is 1.58. The second-order valence-electron chi connectivity index (χ2n) is 5.10. The minimum atomic E-state index is -0.273. The van der Waals surface area contributed by atoms with E-state index < -0.39 is 0 Å². The fraction of sp³-hybridized carbons (Fsp3) is 0.583. The Bertz CT molecular complexity index is 513. The van der Waals surface area contributed by atoms with Gasteiger partial charge in [0.25, 0.3) is 0 Å². The van der Waals surface area contributed by atoms with Crippen LogP contribution in [0.5, 0.6) is 5.06 Å². The summed E-state index contributed by atoms with van der Waals surface area (Å²) < 4.78 is 11.7. The molecular formula is C12H15BrN2O3S. The van der Waals surface area contributed by atoms with Crippen molar-refractivity contribution < 1.29 is 14.3 Å². The normalized spacial score (nSPS) is 21.6. The fourth-order valence-corrected chi connectivity index (χ4v) is 4.41. The van der Waals surface area contributed by atoms with E-state index in [0.29, 0.717) is 6.54 Å². The molecule has 3 rings (SSSR count). The first kappa shape index (κ1) is 13.2. The number of hydrogen-bond donors (Lipinski definition) is 0. The lowest BCUT2D eigenvalue weighted by molar-refractivity contribution is -0.0769. The molecule has 3 heterocycles. The van der Waals surface area contributed by atoms with Crippen molar-refractivity contribution in [3.05, 3.63) is 15.4 Å². The zero-order valence-electron chi connectivity index (χ0n) is 10.8. The SMILES string of the molecule is COc1sc(CN2CC3(C2)CN(C)C(=O)O3)cc1Br. The number of methoxy groups -OCH3 is 1. The van der Waals surface area contributed by atoms with Crippen LogP contribution in [0.25, 0.3) is 0 Å². The van der Waals surface area contributed by atoms with Gasteiger partial charge in [0.15, 0.2) is 10.7 Å². The molecule has 2 saturated heterocycles. The zero-order valence-corrected chi connectivity index (χ0v) is 13.2. The molecule has 104 valence electrons. The Morgan fingerprint density at radius 2 is 2.26 bits per heavy atom. The van der Waals surface area contributed by atoms with E-state index >= 15 is 0 Å². The largest absolute Gasteiger partial charge is 0.486 e. The van der Waals surface area contributed by atoms with Gasteiger partial charge in [-0.15, -0.1) is 11.3 Å². The molecule has 2 aliphatic heterocycles. The van der Waals surface area contributed by atoms with Crippen LogP contribution in [-0.2, 0) is 11.3 Å². The van der Waals surface area contributed by atoms with Crippen molar-refractivity contribution in [2.75, 3.05) is 33.8 Å². The van der Waals surface area contributed by atoms with Crippen LogP contribution in [0.15, 0.2) is 10.5 Å². The Morgan fingerprint density at radius 3 is 2.79 bits per heavy atom. The predicted molar refractivity (Wildman–Crippen MR) is 75.7 cm³/mol. The highest BCUT2D eigenvalue weighted by Gasteiger charge is 2.52. The van der Waals surface area contributed by atoms with Gasteiger partial charge in [-0.1, -0.05) is 0 Å². The third-order valence-electron chi connectivity index (χ3n) is 3.44. The summed E-state index contributed by atoms with van der Waals surface area (Å²) in [5.74, 6) is 0. The average Bonchev–Trinajstić information content (AvgIpc) is 2.80. The second-order valence-corrected chi connectivity index (χ2v) is 7.06. The number of hydrogen-bond acceptors (Lipinski definition) is 5. The number of carbonyl (C=O) groups excluding carboxylic acids is 1. The number of halogens is 1. The van der Waals surface area contributed by atoms with Gasteiger partial charge in [-0.25, -0.2) is 4.79 Å². The fourth-order valence-electron chi connectivity index (χ4n) is 2.67. The summed E-state index contributed by atoms with van der Waals surface area (Å²) in [6.45, 7) is 3.18. The van der Waals surface area contributed by atoms with Gasteiger partial charge in [-0.3, -0.25) is 4.90 Å². The number of nitrogens with zero attached hydrogens (tertiary/aromatic N) is 2. The Kier molecular flexibility index (Phi) is 3.23. The molecule has 0 radical (unpaired) electrons. The van der Waals surface area contributed by atoms with Crippen LogP contribution in [0, 0.1) is 0 Å². The standard InChI is InChI=1S/C12H15BrN2O3S/c1-14-5-12(18-11(14)16)6-15(7-12)4-8-3-9(13)10(17-2)19-8/h3H,4-7H2,1-2H3. The van der Waals surface area contributed by atoms with E-state index in [1.54, 1.807) is 30.4 Å². The molecule has 7 heteroatoms. The molecule has 0 aromatic carbocycles. The smallest absolute Gasteiger partial charge is 0.410 e. The number of amides is 1. The van der Waals surface area contributed by atoms with E-state index in [2.05, 4.69) is 26.9 Å². The summed E-state index contributed by atoms with van der Waals surface area (Å²) in [5, 5.41) is 0.900. The first-order valence-corrected chi connectivity index (χ1v) is 7.61. The third kappa shape index (κ3) is 2.34. The highest BCUT2D eigenvalue weighted by Crippen LogP contribution is 2.38. The molecule has 0 N–H and O–H groups in total. The van der Waals surface area contributed by atoms with Gasteiger partial charge >= 0.3 is 6.09 Å². The van der Waals surface area contributed by atoms with Crippen molar-refractivity contribution >= 4 is 33.4 Å². The molecule has 2 aliphatic rings. The summed E-state index contributed by atoms with van der Waals surface area (Å²) in [6.07, 6.45) is -0.208. The third-order valence-corrected chi connectivity index (χ3v) is 5.37. The van der Waals surface area contributed by atoms with Crippen LogP contribution in [0.2, 0.25) is 0 Å². The topological polar surface area (TPSA) is 42.0 Å². The van der Waals surface area contributed by atoms with Crippen molar-refractivity contribution in [3.8, 4) is 5.06 Å². The number of carbonyl (C=O) groups is 1. The monoisotopic (exact) mass is 346 g/mol. The van der Waals surface area contributed by atoms with Gasteiger partial charge in [-0.05, 0) is 22.0 Å². The summed E-state index contributed by atoms with van der Waals surface area (Å²) in [4.78, 5) is 16.6. The van der Waals surface area contributed by atoms with Crippen molar-refractivity contribution in [1.29, 1.82) is 0 Å². The van der Waals surface area contributed by atoms with Crippen LogP contribution < -0.4 is 4.74 Å². The summed E-state index contributed by atoms with van der Waals surface area (Å²) in [7, 11) is 3.45. The van der Waals surface area contributed by atoms with Gasteiger partial charge in [0.05, 0.1) is 18.1 Å². The van der Waals surface area contributed by atoms with E-state index in [9.17, 15) is 4.79 Å². The molecule has 1 spiro atoms. The maximum absolute atomic E-state index is 11.4. The average molecular weight is 347 g/mol.